The summed E-state index contributed by atoms with van der Waals surface area (Å²) in [5.74, 6) is 0.526. The summed E-state index contributed by atoms with van der Waals surface area (Å²) >= 11 is 6.45. The number of hydrogen-bond donors (Lipinski definition) is 2. The molecule has 1 saturated heterocycles. The van der Waals surface area contributed by atoms with Gasteiger partial charge in [-0.05, 0) is 54.6 Å². The first-order valence-corrected chi connectivity index (χ1v) is 11.9. The molecule has 9 nitrogen and oxygen atoms in total. The molecule has 5 rings (SSSR count). The summed E-state index contributed by atoms with van der Waals surface area (Å²) in [4.78, 5) is 38.8. The summed E-state index contributed by atoms with van der Waals surface area (Å²) < 4.78 is 5.80. The first-order chi connectivity index (χ1) is 18.0. The molecule has 2 aromatic carbocycles. The third-order valence-corrected chi connectivity index (χ3v) is 6.23. The monoisotopic (exact) mass is 514 g/mol. The second kappa shape index (κ2) is 10.6. The van der Waals surface area contributed by atoms with E-state index in [1.54, 1.807) is 29.3 Å². The summed E-state index contributed by atoms with van der Waals surface area (Å²) in [5, 5.41) is 7.36. The van der Waals surface area contributed by atoms with Crippen LogP contribution in [0.5, 0.6) is 5.75 Å². The van der Waals surface area contributed by atoms with Gasteiger partial charge in [0.25, 0.3) is 0 Å². The van der Waals surface area contributed by atoms with Crippen molar-refractivity contribution in [1.29, 1.82) is 0 Å². The molecular weight excluding hydrogens is 492 g/mol. The zero-order valence-electron chi connectivity index (χ0n) is 19.7. The molecule has 0 unspecified atom stereocenters. The molecule has 0 atom stereocenters. The highest BCUT2D eigenvalue weighted by Gasteiger charge is 2.34. The van der Waals surface area contributed by atoms with Crippen LogP contribution in [-0.2, 0) is 16.2 Å². The molecule has 0 spiro atoms. The van der Waals surface area contributed by atoms with Gasteiger partial charge in [-0.25, -0.2) is 9.97 Å². The summed E-state index contributed by atoms with van der Waals surface area (Å²) in [7, 11) is 0. The van der Waals surface area contributed by atoms with Gasteiger partial charge in [-0.3, -0.25) is 14.6 Å². The Hall–Kier alpha value is -4.50. The van der Waals surface area contributed by atoms with Crippen LogP contribution in [0.15, 0.2) is 79.8 Å². The predicted molar refractivity (Wildman–Crippen MR) is 142 cm³/mol. The van der Waals surface area contributed by atoms with Gasteiger partial charge in [-0.2, -0.15) is 0 Å². The normalized spacial score (nSPS) is 13.1. The van der Waals surface area contributed by atoms with E-state index in [9.17, 15) is 9.59 Å². The molecule has 2 amide bonds. The van der Waals surface area contributed by atoms with Gasteiger partial charge in [0.15, 0.2) is 0 Å². The lowest BCUT2D eigenvalue weighted by molar-refractivity contribution is -0.137. The number of hydrogen-bond acceptors (Lipinski definition) is 7. The van der Waals surface area contributed by atoms with Gasteiger partial charge in [0.2, 0.25) is 11.8 Å². The number of fused-ring (bicyclic) bond motifs is 1. The molecule has 0 saturated carbocycles. The highest BCUT2D eigenvalue weighted by atomic mass is 35.5. The molecule has 1 aliphatic heterocycles. The Bertz CT molecular complexity index is 1470. The van der Waals surface area contributed by atoms with E-state index < -0.39 is 0 Å². The average Bonchev–Trinajstić information content (AvgIpc) is 2.88. The molecule has 0 bridgehead atoms. The molecule has 0 radical (unpaired) electrons. The fourth-order valence-corrected chi connectivity index (χ4v) is 4.13. The minimum absolute atomic E-state index is 0.146. The fraction of sp³-hybridized carbons (Fsp3) is 0.148. The van der Waals surface area contributed by atoms with Crippen molar-refractivity contribution < 1.29 is 14.3 Å². The number of carbonyl (C=O) groups is 2. The average molecular weight is 515 g/mol. The SMILES string of the molecule is C=CC(=O)N1CC(C(=O)Nc2ccc3ncnc(Nc4ccc(OCc5ccccn5)c(Cl)c4)c3c2)C1. The Morgan fingerprint density at radius 2 is 1.92 bits per heavy atom. The van der Waals surface area contributed by atoms with Gasteiger partial charge in [-0.1, -0.05) is 24.2 Å². The first-order valence-electron chi connectivity index (χ1n) is 11.6. The maximum atomic E-state index is 12.6. The molecule has 0 aliphatic carbocycles. The van der Waals surface area contributed by atoms with Crippen molar-refractivity contribution in [2.75, 3.05) is 23.7 Å². The standard InChI is InChI=1S/C27H23ClN6O3/c1-2-25(35)34-13-17(14-34)27(36)33-18-6-8-23-21(11-18)26(31-16-30-23)32-19-7-9-24(22(28)12-19)37-15-20-5-3-4-10-29-20/h2-12,16-17H,1,13-15H2,(H,33,36)(H,30,31,32). The van der Waals surface area contributed by atoms with E-state index in [1.807, 2.05) is 36.4 Å². The number of nitrogens with one attached hydrogen (secondary N) is 2. The zero-order chi connectivity index (χ0) is 25.8. The number of aromatic nitrogens is 3. The molecule has 186 valence electrons. The number of rotatable bonds is 8. The quantitative estimate of drug-likeness (QED) is 0.331. The molecule has 1 aliphatic rings. The second-order valence-electron chi connectivity index (χ2n) is 8.47. The number of nitrogens with zero attached hydrogens (tertiary/aromatic N) is 4. The van der Waals surface area contributed by atoms with Crippen LogP contribution in [0, 0.1) is 5.92 Å². The molecule has 3 heterocycles. The van der Waals surface area contributed by atoms with Gasteiger partial charge >= 0.3 is 0 Å². The second-order valence-corrected chi connectivity index (χ2v) is 8.87. The number of halogens is 1. The van der Waals surface area contributed by atoms with E-state index in [-0.39, 0.29) is 17.7 Å². The van der Waals surface area contributed by atoms with E-state index in [0.717, 1.165) is 11.1 Å². The van der Waals surface area contributed by atoms with Gasteiger partial charge in [0, 0.05) is 36.0 Å². The lowest BCUT2D eigenvalue weighted by atomic mass is 9.99. The van der Waals surface area contributed by atoms with Crippen LogP contribution in [0.4, 0.5) is 17.2 Å². The number of ether oxygens (including phenoxy) is 1. The van der Waals surface area contributed by atoms with Gasteiger partial charge in [0.05, 0.1) is 22.2 Å². The lowest BCUT2D eigenvalue weighted by Crippen LogP contribution is -2.53. The molecule has 37 heavy (non-hydrogen) atoms. The number of benzene rings is 2. The molecule has 1 fully saturated rings. The third kappa shape index (κ3) is 5.52. The van der Waals surface area contributed by atoms with Crippen molar-refractivity contribution in [2.24, 2.45) is 5.92 Å². The zero-order valence-corrected chi connectivity index (χ0v) is 20.5. The molecule has 10 heteroatoms. The summed E-state index contributed by atoms with van der Waals surface area (Å²) in [6.45, 7) is 4.53. The molecule has 2 N–H and O–H groups in total. The number of pyridine rings is 1. The Labute approximate surface area is 218 Å². The molecular formula is C27H23ClN6O3. The molecule has 4 aromatic rings. The summed E-state index contributed by atoms with van der Waals surface area (Å²) in [6, 6.07) is 16.4. The van der Waals surface area contributed by atoms with Crippen molar-refractivity contribution in [3.63, 3.8) is 0 Å². The van der Waals surface area contributed by atoms with Crippen molar-refractivity contribution in [3.05, 3.63) is 90.5 Å². The third-order valence-electron chi connectivity index (χ3n) is 5.94. The number of amides is 2. The Kier molecular flexibility index (Phi) is 6.96. The smallest absolute Gasteiger partial charge is 0.246 e. The first kappa shape index (κ1) is 24.2. The Balaban J connectivity index is 1.28. The number of likely N-dealkylation sites (tertiary alicyclic amines) is 1. The van der Waals surface area contributed by atoms with Crippen LogP contribution in [0.25, 0.3) is 10.9 Å². The van der Waals surface area contributed by atoms with Crippen molar-refractivity contribution in [1.82, 2.24) is 19.9 Å². The Morgan fingerprint density at radius 3 is 2.68 bits per heavy atom. The van der Waals surface area contributed by atoms with E-state index in [4.69, 9.17) is 16.3 Å². The van der Waals surface area contributed by atoms with Crippen LogP contribution < -0.4 is 15.4 Å². The highest BCUT2D eigenvalue weighted by Crippen LogP contribution is 2.31. The van der Waals surface area contributed by atoms with Gasteiger partial charge < -0.3 is 20.3 Å². The summed E-state index contributed by atoms with van der Waals surface area (Å²) in [5.41, 5.74) is 2.84. The fourth-order valence-electron chi connectivity index (χ4n) is 3.90. The minimum atomic E-state index is -0.259. The van der Waals surface area contributed by atoms with Crippen molar-refractivity contribution in [2.45, 2.75) is 6.61 Å². The van der Waals surface area contributed by atoms with Crippen LogP contribution in [-0.4, -0.2) is 44.8 Å². The molecule has 2 aromatic heterocycles. The van der Waals surface area contributed by atoms with Gasteiger partial charge in [-0.15, -0.1) is 0 Å². The maximum absolute atomic E-state index is 12.6. The number of carbonyl (C=O) groups excluding carboxylic acids is 2. The largest absolute Gasteiger partial charge is 0.486 e. The van der Waals surface area contributed by atoms with Crippen molar-refractivity contribution >= 4 is 51.5 Å². The van der Waals surface area contributed by atoms with E-state index in [2.05, 4.69) is 32.2 Å². The maximum Gasteiger partial charge on any atom is 0.246 e. The predicted octanol–water partition coefficient (Wildman–Crippen LogP) is 4.58. The summed E-state index contributed by atoms with van der Waals surface area (Å²) in [6.07, 6.45) is 4.43. The van der Waals surface area contributed by atoms with Gasteiger partial charge in [0.1, 0.15) is 24.5 Å². The topological polar surface area (TPSA) is 109 Å². The van der Waals surface area contributed by atoms with E-state index >= 15 is 0 Å². The lowest BCUT2D eigenvalue weighted by Gasteiger charge is -2.37. The Morgan fingerprint density at radius 1 is 1.08 bits per heavy atom. The van der Waals surface area contributed by atoms with Crippen LogP contribution in [0.2, 0.25) is 5.02 Å². The highest BCUT2D eigenvalue weighted by molar-refractivity contribution is 6.32. The van der Waals surface area contributed by atoms with Crippen molar-refractivity contribution in [3.8, 4) is 5.75 Å². The van der Waals surface area contributed by atoms with E-state index in [1.165, 1.54) is 12.4 Å². The number of anilines is 3. The minimum Gasteiger partial charge on any atom is -0.486 e. The van der Waals surface area contributed by atoms with Crippen LogP contribution >= 0.6 is 11.6 Å². The van der Waals surface area contributed by atoms with Crippen LogP contribution in [0.1, 0.15) is 5.69 Å². The van der Waals surface area contributed by atoms with E-state index in [0.29, 0.717) is 53.2 Å². The van der Waals surface area contributed by atoms with Crippen LogP contribution in [0.3, 0.4) is 0 Å².